The van der Waals surface area contributed by atoms with E-state index in [1.165, 1.54) is 29.2 Å². The van der Waals surface area contributed by atoms with Crippen LogP contribution >= 0.6 is 11.5 Å². The van der Waals surface area contributed by atoms with Gasteiger partial charge in [-0.05, 0) is 67.5 Å². The molecule has 8 nitrogen and oxygen atoms in total. The summed E-state index contributed by atoms with van der Waals surface area (Å²) in [6, 6.07) is 9.84. The fourth-order valence-corrected chi connectivity index (χ4v) is 5.34. The van der Waals surface area contributed by atoms with Crippen LogP contribution < -0.4 is 21.7 Å². The van der Waals surface area contributed by atoms with Gasteiger partial charge in [-0.1, -0.05) is 42.7 Å². The standard InChI is InChI=1S/C26H28FN5O3S/c1-14-7-12-19(15(2)13-14)32(26(35)23-20(28)21(24(29)33)31-36-23)22(16-8-10-17(27)11-9-16)25(34)30-18-5-3-4-6-18/h7-13,18,22H,3-6,28H2,1-2H3,(H2,29,33)(H,30,34)/t22-/m0/s1. The highest BCUT2D eigenvalue weighted by atomic mass is 32.1. The molecule has 2 aromatic carbocycles. The Kier molecular flexibility index (Phi) is 7.35. The lowest BCUT2D eigenvalue weighted by molar-refractivity contribution is -0.123. The molecule has 3 amide bonds. The lowest BCUT2D eigenvalue weighted by Crippen LogP contribution is -2.46. The number of rotatable bonds is 7. The largest absolute Gasteiger partial charge is 0.395 e. The molecule has 4 rings (SSSR count). The number of primary amides is 1. The summed E-state index contributed by atoms with van der Waals surface area (Å²) < 4.78 is 17.8. The number of nitrogens with zero attached hydrogens (tertiary/aromatic N) is 2. The maximum atomic E-state index is 14.1. The molecular weight excluding hydrogens is 481 g/mol. The van der Waals surface area contributed by atoms with Gasteiger partial charge in [-0.2, -0.15) is 4.37 Å². The van der Waals surface area contributed by atoms with Crippen molar-refractivity contribution in [3.63, 3.8) is 0 Å². The molecule has 1 aliphatic carbocycles. The molecule has 1 saturated carbocycles. The molecule has 1 aliphatic rings. The predicted molar refractivity (Wildman–Crippen MR) is 137 cm³/mol. The van der Waals surface area contributed by atoms with Crippen LogP contribution in [0.1, 0.15) is 68.6 Å². The van der Waals surface area contributed by atoms with E-state index in [4.69, 9.17) is 11.5 Å². The zero-order valence-electron chi connectivity index (χ0n) is 20.1. The SMILES string of the molecule is Cc1ccc(N(C(=O)c2snc(C(N)=O)c2N)[C@H](C(=O)NC2CCCC2)c2ccc(F)cc2)c(C)c1. The molecule has 0 radical (unpaired) electrons. The predicted octanol–water partition coefficient (Wildman–Crippen LogP) is 4.03. The first-order valence-corrected chi connectivity index (χ1v) is 12.5. The van der Waals surface area contributed by atoms with Crippen LogP contribution in [-0.4, -0.2) is 28.1 Å². The highest BCUT2D eigenvalue weighted by Gasteiger charge is 2.37. The van der Waals surface area contributed by atoms with E-state index in [0.717, 1.165) is 48.3 Å². The van der Waals surface area contributed by atoms with Gasteiger partial charge in [-0.25, -0.2) is 4.39 Å². The zero-order chi connectivity index (χ0) is 26.0. The van der Waals surface area contributed by atoms with Gasteiger partial charge in [-0.3, -0.25) is 19.3 Å². The molecule has 5 N–H and O–H groups in total. The number of nitrogen functional groups attached to an aromatic ring is 1. The second-order valence-corrected chi connectivity index (χ2v) is 9.82. The van der Waals surface area contributed by atoms with Crippen LogP contribution in [0.3, 0.4) is 0 Å². The first-order chi connectivity index (χ1) is 17.2. The monoisotopic (exact) mass is 509 g/mol. The maximum absolute atomic E-state index is 14.1. The van der Waals surface area contributed by atoms with Crippen LogP contribution in [0.4, 0.5) is 15.8 Å². The number of amides is 3. The van der Waals surface area contributed by atoms with Crippen molar-refractivity contribution in [3.8, 4) is 0 Å². The second-order valence-electron chi connectivity index (χ2n) is 9.05. The molecule has 0 bridgehead atoms. The highest BCUT2D eigenvalue weighted by molar-refractivity contribution is 7.09. The molecule has 0 unspecified atom stereocenters. The Labute approximate surface area is 212 Å². The van der Waals surface area contributed by atoms with Crippen LogP contribution in [0, 0.1) is 19.7 Å². The molecule has 36 heavy (non-hydrogen) atoms. The Hall–Kier alpha value is -3.79. The van der Waals surface area contributed by atoms with Gasteiger partial charge >= 0.3 is 0 Å². The van der Waals surface area contributed by atoms with Gasteiger partial charge in [-0.15, -0.1) is 0 Å². The number of carbonyl (C=O) groups is 3. The van der Waals surface area contributed by atoms with E-state index >= 15 is 0 Å². The van der Waals surface area contributed by atoms with Crippen LogP contribution in [0.25, 0.3) is 0 Å². The summed E-state index contributed by atoms with van der Waals surface area (Å²) >= 11 is 0.746. The zero-order valence-corrected chi connectivity index (χ0v) is 20.9. The molecule has 0 spiro atoms. The molecule has 1 heterocycles. The lowest BCUT2D eigenvalue weighted by Gasteiger charge is -2.33. The summed E-state index contributed by atoms with van der Waals surface area (Å²) in [5.41, 5.74) is 13.8. The van der Waals surface area contributed by atoms with E-state index in [0.29, 0.717) is 11.3 Å². The van der Waals surface area contributed by atoms with Gasteiger partial charge in [0, 0.05) is 11.7 Å². The number of hydrogen-bond donors (Lipinski definition) is 3. The van der Waals surface area contributed by atoms with Crippen LogP contribution in [0.5, 0.6) is 0 Å². The molecule has 3 aromatic rings. The normalized spacial score (nSPS) is 14.4. The minimum absolute atomic E-state index is 0.00791. The van der Waals surface area contributed by atoms with Crippen molar-refractivity contribution >= 4 is 40.6 Å². The number of carbonyl (C=O) groups excluding carboxylic acids is 3. The number of aromatic nitrogens is 1. The number of halogens is 1. The van der Waals surface area contributed by atoms with E-state index in [1.54, 1.807) is 6.07 Å². The Morgan fingerprint density at radius 1 is 1.11 bits per heavy atom. The number of anilines is 2. The van der Waals surface area contributed by atoms with Crippen molar-refractivity contribution in [1.29, 1.82) is 0 Å². The van der Waals surface area contributed by atoms with Crippen molar-refractivity contribution in [2.45, 2.75) is 51.6 Å². The van der Waals surface area contributed by atoms with E-state index in [1.807, 2.05) is 26.0 Å². The molecule has 1 fully saturated rings. The molecule has 10 heteroatoms. The van der Waals surface area contributed by atoms with Gasteiger partial charge in [0.25, 0.3) is 11.8 Å². The average Bonchev–Trinajstić information content (AvgIpc) is 3.48. The summed E-state index contributed by atoms with van der Waals surface area (Å²) in [6.45, 7) is 3.76. The maximum Gasteiger partial charge on any atom is 0.273 e. The molecule has 1 atom stereocenters. The fourth-order valence-electron chi connectivity index (χ4n) is 4.59. The lowest BCUT2D eigenvalue weighted by atomic mass is 10.00. The minimum atomic E-state index is -1.13. The summed E-state index contributed by atoms with van der Waals surface area (Å²) in [7, 11) is 0. The Morgan fingerprint density at radius 2 is 1.78 bits per heavy atom. The Morgan fingerprint density at radius 3 is 2.36 bits per heavy atom. The topological polar surface area (TPSA) is 131 Å². The van der Waals surface area contributed by atoms with E-state index in [-0.39, 0.29) is 28.2 Å². The summed E-state index contributed by atoms with van der Waals surface area (Å²) in [5.74, 6) is -2.31. The Balaban J connectivity index is 1.88. The molecule has 188 valence electrons. The summed E-state index contributed by atoms with van der Waals surface area (Å²) in [5, 5.41) is 3.07. The van der Waals surface area contributed by atoms with Crippen molar-refractivity contribution < 1.29 is 18.8 Å². The summed E-state index contributed by atoms with van der Waals surface area (Å²) in [6.07, 6.45) is 3.73. The van der Waals surface area contributed by atoms with E-state index in [9.17, 15) is 18.8 Å². The number of aryl methyl sites for hydroxylation is 2. The van der Waals surface area contributed by atoms with E-state index in [2.05, 4.69) is 9.69 Å². The van der Waals surface area contributed by atoms with Gasteiger partial charge in [0.2, 0.25) is 5.91 Å². The van der Waals surface area contributed by atoms with Crippen LogP contribution in [-0.2, 0) is 4.79 Å². The number of nitrogens with two attached hydrogens (primary N) is 2. The third kappa shape index (κ3) is 5.08. The Bertz CT molecular complexity index is 1300. The van der Waals surface area contributed by atoms with Crippen molar-refractivity contribution in [1.82, 2.24) is 9.69 Å². The first-order valence-electron chi connectivity index (χ1n) is 11.7. The number of nitrogens with one attached hydrogen (secondary N) is 1. The first kappa shape index (κ1) is 25.3. The number of hydrogen-bond acceptors (Lipinski definition) is 6. The highest BCUT2D eigenvalue weighted by Crippen LogP contribution is 2.35. The fraction of sp³-hybridized carbons (Fsp3) is 0.308. The van der Waals surface area contributed by atoms with Crippen molar-refractivity contribution in [2.24, 2.45) is 5.73 Å². The van der Waals surface area contributed by atoms with Crippen molar-refractivity contribution in [3.05, 3.63) is 75.5 Å². The molecule has 0 saturated heterocycles. The van der Waals surface area contributed by atoms with Crippen LogP contribution in [0.2, 0.25) is 0 Å². The smallest absolute Gasteiger partial charge is 0.273 e. The third-order valence-electron chi connectivity index (χ3n) is 6.38. The van der Waals surface area contributed by atoms with Gasteiger partial charge in [0.1, 0.15) is 16.7 Å². The second kappa shape index (κ2) is 10.4. The average molecular weight is 510 g/mol. The van der Waals surface area contributed by atoms with Gasteiger partial charge in [0.05, 0.1) is 5.69 Å². The van der Waals surface area contributed by atoms with E-state index < -0.39 is 23.7 Å². The van der Waals surface area contributed by atoms with Crippen molar-refractivity contribution in [2.75, 3.05) is 10.6 Å². The minimum Gasteiger partial charge on any atom is -0.395 e. The molecular formula is C26H28FN5O3S. The molecule has 0 aliphatic heterocycles. The number of benzene rings is 2. The van der Waals surface area contributed by atoms with Gasteiger partial charge < -0.3 is 16.8 Å². The quantitative estimate of drug-likeness (QED) is 0.443. The van der Waals surface area contributed by atoms with Gasteiger partial charge in [0.15, 0.2) is 5.69 Å². The molecule has 1 aromatic heterocycles. The summed E-state index contributed by atoms with van der Waals surface area (Å²) in [4.78, 5) is 40.9. The third-order valence-corrected chi connectivity index (χ3v) is 7.23. The van der Waals surface area contributed by atoms with Crippen LogP contribution in [0.15, 0.2) is 42.5 Å².